The molecule has 4 N–H and O–H groups in total. The zero-order chi connectivity index (χ0) is 13.8. The van der Waals surface area contributed by atoms with Crippen molar-refractivity contribution in [1.82, 2.24) is 0 Å². The zero-order valence-corrected chi connectivity index (χ0v) is 10.6. The first-order valence-corrected chi connectivity index (χ1v) is 5.91. The van der Waals surface area contributed by atoms with Crippen LogP contribution in [-0.4, -0.2) is 30.8 Å². The molecule has 0 heterocycles. The van der Waals surface area contributed by atoms with Gasteiger partial charge in [-0.25, -0.2) is 0 Å². The number of hydrogen-bond acceptors (Lipinski definition) is 4. The lowest BCUT2D eigenvalue weighted by Gasteiger charge is -2.10. The number of nitrogens with one attached hydrogen (secondary N) is 1. The molecule has 5 nitrogen and oxygen atoms in total. The standard InChI is InChI=1S/C14H16N2O3/c1-19-12-5-3-9-6-11(4-2-10(9)7-12)16-14(18)13(17)8-15/h2-7,13,17H,8,15H2,1H3,(H,16,18). The minimum Gasteiger partial charge on any atom is -0.497 e. The van der Waals surface area contributed by atoms with Gasteiger partial charge in [0.1, 0.15) is 11.9 Å². The number of benzene rings is 2. The Hall–Kier alpha value is -2.11. The van der Waals surface area contributed by atoms with Crippen molar-refractivity contribution in [2.24, 2.45) is 5.73 Å². The molecule has 1 unspecified atom stereocenters. The average Bonchev–Trinajstić information content (AvgIpc) is 2.45. The van der Waals surface area contributed by atoms with E-state index < -0.39 is 12.0 Å². The molecule has 0 aliphatic carbocycles. The van der Waals surface area contributed by atoms with Crippen molar-refractivity contribution < 1.29 is 14.6 Å². The Morgan fingerprint density at radius 2 is 2.00 bits per heavy atom. The number of nitrogens with two attached hydrogens (primary N) is 1. The predicted molar refractivity (Wildman–Crippen MR) is 74.2 cm³/mol. The third-order valence-corrected chi connectivity index (χ3v) is 2.84. The molecule has 2 aromatic carbocycles. The summed E-state index contributed by atoms with van der Waals surface area (Å²) in [5.74, 6) is 0.276. The highest BCUT2D eigenvalue weighted by atomic mass is 16.5. The van der Waals surface area contributed by atoms with Gasteiger partial charge < -0.3 is 20.9 Å². The smallest absolute Gasteiger partial charge is 0.254 e. The molecule has 0 radical (unpaired) electrons. The number of hydrogen-bond donors (Lipinski definition) is 3. The van der Waals surface area contributed by atoms with E-state index in [4.69, 9.17) is 10.5 Å². The van der Waals surface area contributed by atoms with Crippen LogP contribution in [0.5, 0.6) is 5.75 Å². The summed E-state index contributed by atoms with van der Waals surface area (Å²) in [6.45, 7) is -0.101. The number of carbonyl (C=O) groups is 1. The number of aliphatic hydroxyl groups is 1. The maximum absolute atomic E-state index is 11.5. The number of aliphatic hydroxyl groups excluding tert-OH is 1. The lowest BCUT2D eigenvalue weighted by atomic mass is 10.1. The van der Waals surface area contributed by atoms with Crippen molar-refractivity contribution in [3.05, 3.63) is 36.4 Å². The predicted octanol–water partition coefficient (Wildman–Crippen LogP) is 1.11. The van der Waals surface area contributed by atoms with Gasteiger partial charge in [0, 0.05) is 12.2 Å². The van der Waals surface area contributed by atoms with E-state index in [1.165, 1.54) is 0 Å². The summed E-state index contributed by atoms with van der Waals surface area (Å²) in [4.78, 5) is 11.5. The van der Waals surface area contributed by atoms with Crippen molar-refractivity contribution in [1.29, 1.82) is 0 Å². The second-order valence-corrected chi connectivity index (χ2v) is 4.17. The van der Waals surface area contributed by atoms with E-state index in [2.05, 4.69) is 5.32 Å². The SMILES string of the molecule is COc1ccc2cc(NC(=O)C(O)CN)ccc2c1. The van der Waals surface area contributed by atoms with Gasteiger partial charge in [-0.05, 0) is 35.0 Å². The lowest BCUT2D eigenvalue weighted by Crippen LogP contribution is -2.34. The first-order valence-electron chi connectivity index (χ1n) is 5.91. The van der Waals surface area contributed by atoms with Crippen molar-refractivity contribution in [3.63, 3.8) is 0 Å². The Kier molecular flexibility index (Phi) is 3.99. The lowest BCUT2D eigenvalue weighted by molar-refractivity contribution is -0.123. The molecule has 2 rings (SSSR count). The van der Waals surface area contributed by atoms with Gasteiger partial charge in [-0.15, -0.1) is 0 Å². The highest BCUT2D eigenvalue weighted by Crippen LogP contribution is 2.23. The van der Waals surface area contributed by atoms with Gasteiger partial charge in [0.05, 0.1) is 7.11 Å². The van der Waals surface area contributed by atoms with Gasteiger partial charge >= 0.3 is 0 Å². The van der Waals surface area contributed by atoms with Gasteiger partial charge in [0.25, 0.3) is 5.91 Å². The van der Waals surface area contributed by atoms with Gasteiger partial charge in [-0.3, -0.25) is 4.79 Å². The van der Waals surface area contributed by atoms with Crippen LogP contribution in [0.4, 0.5) is 5.69 Å². The molecule has 0 bridgehead atoms. The highest BCUT2D eigenvalue weighted by Gasteiger charge is 2.12. The number of fused-ring (bicyclic) bond motifs is 1. The van der Waals surface area contributed by atoms with Crippen LogP contribution in [0.3, 0.4) is 0 Å². The van der Waals surface area contributed by atoms with Crippen LogP contribution in [0.1, 0.15) is 0 Å². The van der Waals surface area contributed by atoms with Crippen molar-refractivity contribution in [2.75, 3.05) is 19.0 Å². The molecule has 0 saturated heterocycles. The maximum Gasteiger partial charge on any atom is 0.254 e. The third kappa shape index (κ3) is 3.01. The zero-order valence-electron chi connectivity index (χ0n) is 10.6. The summed E-state index contributed by atoms with van der Waals surface area (Å²) in [6.07, 6.45) is -1.19. The molecule has 0 aliphatic heterocycles. The van der Waals surface area contributed by atoms with E-state index in [0.717, 1.165) is 16.5 Å². The number of rotatable bonds is 4. The summed E-state index contributed by atoms with van der Waals surface area (Å²) in [7, 11) is 1.62. The Morgan fingerprint density at radius 3 is 2.68 bits per heavy atom. The fourth-order valence-corrected chi connectivity index (χ4v) is 1.76. The van der Waals surface area contributed by atoms with E-state index in [-0.39, 0.29) is 6.54 Å². The summed E-state index contributed by atoms with van der Waals surface area (Å²) in [6, 6.07) is 11.1. The first-order chi connectivity index (χ1) is 9.13. The molecule has 5 heteroatoms. The molecule has 1 amide bonds. The van der Waals surface area contributed by atoms with Crippen LogP contribution in [-0.2, 0) is 4.79 Å². The number of anilines is 1. The van der Waals surface area contributed by atoms with Crippen LogP contribution in [0.2, 0.25) is 0 Å². The normalized spacial score (nSPS) is 12.2. The fraction of sp³-hybridized carbons (Fsp3) is 0.214. The summed E-state index contributed by atoms with van der Waals surface area (Å²) < 4.78 is 5.15. The summed E-state index contributed by atoms with van der Waals surface area (Å²) in [5, 5.41) is 13.9. The minimum absolute atomic E-state index is 0.101. The highest BCUT2D eigenvalue weighted by molar-refractivity contribution is 5.96. The van der Waals surface area contributed by atoms with E-state index in [1.54, 1.807) is 13.2 Å². The molecule has 19 heavy (non-hydrogen) atoms. The number of carbonyl (C=O) groups excluding carboxylic acids is 1. The van der Waals surface area contributed by atoms with Crippen LogP contribution < -0.4 is 15.8 Å². The molecular formula is C14H16N2O3. The van der Waals surface area contributed by atoms with E-state index in [1.807, 2.05) is 30.3 Å². The second-order valence-electron chi connectivity index (χ2n) is 4.17. The van der Waals surface area contributed by atoms with Crippen LogP contribution in [0.15, 0.2) is 36.4 Å². The van der Waals surface area contributed by atoms with Crippen molar-refractivity contribution in [3.8, 4) is 5.75 Å². The molecule has 0 aromatic heterocycles. The van der Waals surface area contributed by atoms with Crippen molar-refractivity contribution in [2.45, 2.75) is 6.10 Å². The Balaban J connectivity index is 2.24. The number of ether oxygens (including phenoxy) is 1. The molecular weight excluding hydrogens is 244 g/mol. The van der Waals surface area contributed by atoms with Gasteiger partial charge in [-0.1, -0.05) is 12.1 Å². The van der Waals surface area contributed by atoms with Gasteiger partial charge in [-0.2, -0.15) is 0 Å². The Labute approximate surface area is 111 Å². The van der Waals surface area contributed by atoms with Gasteiger partial charge in [0.2, 0.25) is 0 Å². The molecule has 0 fully saturated rings. The number of methoxy groups -OCH3 is 1. The van der Waals surface area contributed by atoms with Crippen LogP contribution >= 0.6 is 0 Å². The Morgan fingerprint density at radius 1 is 1.32 bits per heavy atom. The molecule has 100 valence electrons. The largest absolute Gasteiger partial charge is 0.497 e. The number of amides is 1. The van der Waals surface area contributed by atoms with E-state index in [0.29, 0.717) is 5.69 Å². The average molecular weight is 260 g/mol. The molecule has 2 aromatic rings. The Bertz CT molecular complexity index is 598. The van der Waals surface area contributed by atoms with Gasteiger partial charge in [0.15, 0.2) is 0 Å². The summed E-state index contributed by atoms with van der Waals surface area (Å²) >= 11 is 0. The summed E-state index contributed by atoms with van der Waals surface area (Å²) in [5.41, 5.74) is 5.84. The van der Waals surface area contributed by atoms with Crippen LogP contribution in [0.25, 0.3) is 10.8 Å². The van der Waals surface area contributed by atoms with E-state index >= 15 is 0 Å². The maximum atomic E-state index is 11.5. The molecule has 0 spiro atoms. The molecule has 1 atom stereocenters. The quantitative estimate of drug-likeness (QED) is 0.768. The monoisotopic (exact) mass is 260 g/mol. The fourth-order valence-electron chi connectivity index (χ4n) is 1.76. The minimum atomic E-state index is -1.19. The van der Waals surface area contributed by atoms with E-state index in [9.17, 15) is 9.90 Å². The van der Waals surface area contributed by atoms with Crippen LogP contribution in [0, 0.1) is 0 Å². The van der Waals surface area contributed by atoms with Crippen molar-refractivity contribution >= 4 is 22.4 Å². The topological polar surface area (TPSA) is 84.6 Å². The molecule has 0 saturated carbocycles. The molecule has 0 aliphatic rings. The third-order valence-electron chi connectivity index (χ3n) is 2.84. The first kappa shape index (κ1) is 13.3. The second kappa shape index (κ2) is 5.69.